The van der Waals surface area contributed by atoms with Crippen molar-refractivity contribution >= 4 is 0 Å². The molecule has 0 saturated heterocycles. The Morgan fingerprint density at radius 1 is 1.50 bits per heavy atom. The number of rotatable bonds is 1. The van der Waals surface area contributed by atoms with Gasteiger partial charge in [-0.1, -0.05) is 6.08 Å². The molecule has 0 radical (unpaired) electrons. The lowest BCUT2D eigenvalue weighted by Gasteiger charge is -2.23. The molecule has 0 aromatic heterocycles. The van der Waals surface area contributed by atoms with Crippen LogP contribution in [0.15, 0.2) is 11.6 Å². The molecule has 0 aliphatic heterocycles. The predicted octanol–water partition coefficient (Wildman–Crippen LogP) is 2.27. The topological polar surface area (TPSA) is 20.2 Å². The van der Waals surface area contributed by atoms with E-state index >= 15 is 0 Å². The van der Waals surface area contributed by atoms with Gasteiger partial charge in [0, 0.05) is 0 Å². The lowest BCUT2D eigenvalue weighted by atomic mass is 9.89. The standard InChI is InChI=1S/C8H11F3O/c9-8(10,11)7-3-1-2-6(4-7)5-12/h2,7,12H,1,3-5H2. The first-order chi connectivity index (χ1) is 5.54. The molecular weight excluding hydrogens is 169 g/mol. The summed E-state index contributed by atoms with van der Waals surface area (Å²) in [4.78, 5) is 0. The van der Waals surface area contributed by atoms with Gasteiger partial charge in [0.15, 0.2) is 0 Å². The van der Waals surface area contributed by atoms with Crippen LogP contribution in [-0.4, -0.2) is 17.9 Å². The van der Waals surface area contributed by atoms with Gasteiger partial charge in [0.25, 0.3) is 0 Å². The minimum absolute atomic E-state index is 0.0278. The summed E-state index contributed by atoms with van der Waals surface area (Å²) in [6.45, 7) is -0.243. The van der Waals surface area contributed by atoms with E-state index in [1.54, 1.807) is 6.08 Å². The molecule has 0 aromatic carbocycles. The van der Waals surface area contributed by atoms with E-state index < -0.39 is 12.1 Å². The zero-order valence-corrected chi connectivity index (χ0v) is 6.56. The Kier molecular flexibility index (Phi) is 2.77. The highest BCUT2D eigenvalue weighted by Crippen LogP contribution is 2.37. The minimum Gasteiger partial charge on any atom is -0.392 e. The largest absolute Gasteiger partial charge is 0.392 e. The van der Waals surface area contributed by atoms with Crippen molar-refractivity contribution in [3.8, 4) is 0 Å². The van der Waals surface area contributed by atoms with Crippen LogP contribution in [-0.2, 0) is 0 Å². The van der Waals surface area contributed by atoms with Crippen LogP contribution in [0.25, 0.3) is 0 Å². The van der Waals surface area contributed by atoms with Gasteiger partial charge in [-0.25, -0.2) is 0 Å². The third kappa shape index (κ3) is 2.24. The van der Waals surface area contributed by atoms with E-state index in [2.05, 4.69) is 0 Å². The van der Waals surface area contributed by atoms with Gasteiger partial charge in [-0.05, 0) is 24.8 Å². The summed E-state index contributed by atoms with van der Waals surface area (Å²) in [5.41, 5.74) is 0.517. The SMILES string of the molecule is OCC1=CCCC(C(F)(F)F)C1. The van der Waals surface area contributed by atoms with Crippen molar-refractivity contribution in [2.24, 2.45) is 5.92 Å². The molecule has 1 rings (SSSR count). The Labute approximate surface area is 68.9 Å². The molecule has 4 heteroatoms. The molecule has 12 heavy (non-hydrogen) atoms. The van der Waals surface area contributed by atoms with Crippen molar-refractivity contribution in [2.75, 3.05) is 6.61 Å². The third-order valence-electron chi connectivity index (χ3n) is 2.12. The third-order valence-corrected chi connectivity index (χ3v) is 2.12. The van der Waals surface area contributed by atoms with Crippen molar-refractivity contribution < 1.29 is 18.3 Å². The average molecular weight is 180 g/mol. The predicted molar refractivity (Wildman–Crippen MR) is 38.6 cm³/mol. The van der Waals surface area contributed by atoms with Gasteiger partial charge >= 0.3 is 6.18 Å². The van der Waals surface area contributed by atoms with E-state index in [4.69, 9.17) is 5.11 Å². The molecule has 70 valence electrons. The van der Waals surface area contributed by atoms with Gasteiger partial charge in [0.05, 0.1) is 12.5 Å². The number of hydrogen-bond donors (Lipinski definition) is 1. The second kappa shape index (κ2) is 3.47. The Morgan fingerprint density at radius 3 is 2.67 bits per heavy atom. The molecular formula is C8H11F3O. The maximum absolute atomic E-state index is 12.1. The highest BCUT2D eigenvalue weighted by atomic mass is 19.4. The Morgan fingerprint density at radius 2 is 2.17 bits per heavy atom. The fraction of sp³-hybridized carbons (Fsp3) is 0.750. The molecule has 1 aliphatic carbocycles. The number of aliphatic hydroxyl groups is 1. The van der Waals surface area contributed by atoms with Crippen LogP contribution in [0.3, 0.4) is 0 Å². The van der Waals surface area contributed by atoms with Crippen LogP contribution in [0, 0.1) is 5.92 Å². The van der Waals surface area contributed by atoms with Crippen LogP contribution in [0.5, 0.6) is 0 Å². The average Bonchev–Trinajstić information content (AvgIpc) is 2.03. The van der Waals surface area contributed by atoms with E-state index in [1.807, 2.05) is 0 Å². The number of hydrogen-bond acceptors (Lipinski definition) is 1. The van der Waals surface area contributed by atoms with Gasteiger partial charge < -0.3 is 5.11 Å². The molecule has 1 atom stereocenters. The Hall–Kier alpha value is -0.510. The van der Waals surface area contributed by atoms with Gasteiger partial charge in [0.1, 0.15) is 0 Å². The second-order valence-electron chi connectivity index (χ2n) is 3.04. The van der Waals surface area contributed by atoms with Crippen molar-refractivity contribution in [1.82, 2.24) is 0 Å². The second-order valence-corrected chi connectivity index (χ2v) is 3.04. The van der Waals surface area contributed by atoms with Crippen LogP contribution in [0.2, 0.25) is 0 Å². The molecule has 0 spiro atoms. The molecule has 1 nitrogen and oxygen atoms in total. The molecule has 0 saturated carbocycles. The first-order valence-corrected chi connectivity index (χ1v) is 3.89. The number of halogens is 3. The molecule has 1 N–H and O–H groups in total. The highest BCUT2D eigenvalue weighted by molar-refractivity contribution is 5.07. The van der Waals surface area contributed by atoms with Crippen molar-refractivity contribution in [2.45, 2.75) is 25.4 Å². The summed E-state index contributed by atoms with van der Waals surface area (Å²) in [6.07, 6.45) is -1.84. The van der Waals surface area contributed by atoms with Gasteiger partial charge in [-0.3, -0.25) is 0 Å². The van der Waals surface area contributed by atoms with Crippen molar-refractivity contribution in [1.29, 1.82) is 0 Å². The Bertz CT molecular complexity index is 183. The summed E-state index contributed by atoms with van der Waals surface area (Å²) < 4.78 is 36.4. The zero-order chi connectivity index (χ0) is 9.19. The molecule has 0 bridgehead atoms. The summed E-state index contributed by atoms with van der Waals surface area (Å²) in [5, 5.41) is 8.64. The van der Waals surface area contributed by atoms with E-state index in [-0.39, 0.29) is 19.4 Å². The maximum atomic E-state index is 12.1. The van der Waals surface area contributed by atoms with Crippen LogP contribution >= 0.6 is 0 Å². The summed E-state index contributed by atoms with van der Waals surface area (Å²) in [6, 6.07) is 0. The monoisotopic (exact) mass is 180 g/mol. The molecule has 0 fully saturated rings. The van der Waals surface area contributed by atoms with Gasteiger partial charge in [0.2, 0.25) is 0 Å². The molecule has 1 unspecified atom stereocenters. The van der Waals surface area contributed by atoms with Crippen LogP contribution < -0.4 is 0 Å². The smallest absolute Gasteiger partial charge is 0.392 e. The Balaban J connectivity index is 2.57. The molecule has 0 amide bonds. The number of alkyl halides is 3. The summed E-state index contributed by atoms with van der Waals surface area (Å²) in [5.74, 6) is -1.25. The fourth-order valence-corrected chi connectivity index (χ4v) is 1.40. The van der Waals surface area contributed by atoms with E-state index in [0.29, 0.717) is 12.0 Å². The van der Waals surface area contributed by atoms with E-state index in [9.17, 15) is 13.2 Å². The first kappa shape index (κ1) is 9.58. The molecule has 0 aromatic rings. The summed E-state index contributed by atoms with van der Waals surface area (Å²) in [7, 11) is 0. The lowest BCUT2D eigenvalue weighted by molar-refractivity contribution is -0.176. The van der Waals surface area contributed by atoms with Crippen molar-refractivity contribution in [3.05, 3.63) is 11.6 Å². The maximum Gasteiger partial charge on any atom is 0.392 e. The first-order valence-electron chi connectivity index (χ1n) is 3.89. The zero-order valence-electron chi connectivity index (χ0n) is 6.56. The van der Waals surface area contributed by atoms with E-state index in [0.717, 1.165) is 0 Å². The quantitative estimate of drug-likeness (QED) is 0.614. The van der Waals surface area contributed by atoms with Crippen LogP contribution in [0.4, 0.5) is 13.2 Å². The van der Waals surface area contributed by atoms with Gasteiger partial charge in [-0.2, -0.15) is 13.2 Å². The number of allylic oxidation sites excluding steroid dienone is 1. The molecule has 0 heterocycles. The summed E-state index contributed by atoms with van der Waals surface area (Å²) >= 11 is 0. The minimum atomic E-state index is -4.10. The normalized spacial score (nSPS) is 25.3. The van der Waals surface area contributed by atoms with Gasteiger partial charge in [-0.15, -0.1) is 0 Å². The van der Waals surface area contributed by atoms with Crippen LogP contribution in [0.1, 0.15) is 19.3 Å². The molecule has 1 aliphatic rings. The highest BCUT2D eigenvalue weighted by Gasteiger charge is 2.40. The number of aliphatic hydroxyl groups excluding tert-OH is 1. The fourth-order valence-electron chi connectivity index (χ4n) is 1.40. The van der Waals surface area contributed by atoms with Crippen molar-refractivity contribution in [3.63, 3.8) is 0 Å². The van der Waals surface area contributed by atoms with E-state index in [1.165, 1.54) is 0 Å². The lowest BCUT2D eigenvalue weighted by Crippen LogP contribution is -2.25.